The lowest BCUT2D eigenvalue weighted by Gasteiger charge is -2.18. The van der Waals surface area contributed by atoms with Crippen molar-refractivity contribution in [3.63, 3.8) is 0 Å². The van der Waals surface area contributed by atoms with Crippen molar-refractivity contribution in [3.8, 4) is 5.75 Å². The molecule has 2 rings (SSSR count). The third-order valence-electron chi connectivity index (χ3n) is 3.44. The molecule has 0 saturated carbocycles. The van der Waals surface area contributed by atoms with Gasteiger partial charge in [-0.25, -0.2) is 13.2 Å². The fourth-order valence-electron chi connectivity index (χ4n) is 2.05. The highest BCUT2D eigenvalue weighted by Crippen LogP contribution is 2.34. The number of halogens is 3. The Kier molecular flexibility index (Phi) is 6.14. The highest BCUT2D eigenvalue weighted by molar-refractivity contribution is 7.89. The van der Waals surface area contributed by atoms with Crippen molar-refractivity contribution in [2.75, 3.05) is 33.4 Å². The van der Waals surface area contributed by atoms with E-state index in [4.69, 9.17) is 9.47 Å². The number of alkyl halides is 3. The van der Waals surface area contributed by atoms with E-state index in [1.54, 1.807) is 6.92 Å². The maximum Gasteiger partial charge on any atom is 0.416 e. The monoisotopic (exact) mass is 397 g/mol. The number of ether oxygens (including phenoxy) is 3. The van der Waals surface area contributed by atoms with E-state index in [9.17, 15) is 26.4 Å². The summed E-state index contributed by atoms with van der Waals surface area (Å²) < 4.78 is 79.8. The van der Waals surface area contributed by atoms with Crippen molar-refractivity contribution in [2.45, 2.75) is 24.1 Å². The highest BCUT2D eigenvalue weighted by Gasteiger charge is 2.35. The number of carbonyl (C=O) groups is 1. The van der Waals surface area contributed by atoms with E-state index in [0.717, 1.165) is 10.4 Å². The third kappa shape index (κ3) is 5.32. The van der Waals surface area contributed by atoms with E-state index < -0.39 is 45.0 Å². The predicted molar refractivity (Wildman–Crippen MR) is 83.1 cm³/mol. The normalized spacial score (nSPS) is 17.2. The Labute approximate surface area is 148 Å². The number of carbonyl (C=O) groups excluding carboxylic acids is 1. The Balaban J connectivity index is 2.31. The number of rotatable bonds is 8. The van der Waals surface area contributed by atoms with Crippen LogP contribution in [0.2, 0.25) is 0 Å². The molecule has 0 N–H and O–H groups in total. The zero-order chi connectivity index (χ0) is 19.5. The fourth-order valence-corrected chi connectivity index (χ4v) is 3.31. The van der Waals surface area contributed by atoms with Crippen LogP contribution in [-0.4, -0.2) is 58.2 Å². The number of hydrogen-bond donors (Lipinski definition) is 0. The van der Waals surface area contributed by atoms with Crippen molar-refractivity contribution < 1.29 is 40.6 Å². The van der Waals surface area contributed by atoms with Crippen molar-refractivity contribution in [3.05, 3.63) is 23.8 Å². The maximum atomic E-state index is 13.1. The molecule has 1 aromatic carbocycles. The quantitative estimate of drug-likeness (QED) is 0.490. The summed E-state index contributed by atoms with van der Waals surface area (Å²) >= 11 is 0. The lowest BCUT2D eigenvalue weighted by Crippen LogP contribution is -2.30. The van der Waals surface area contributed by atoms with Crippen LogP contribution < -0.4 is 4.74 Å². The minimum Gasteiger partial charge on any atom is -0.482 e. The minimum atomic E-state index is -4.79. The van der Waals surface area contributed by atoms with Gasteiger partial charge in [0.25, 0.3) is 0 Å². The summed E-state index contributed by atoms with van der Waals surface area (Å²) in [4.78, 5) is 10.7. The molecule has 1 atom stereocenters. The lowest BCUT2D eigenvalue weighted by atomic mass is 10.2. The average Bonchev–Trinajstić information content (AvgIpc) is 3.36. The second kappa shape index (κ2) is 7.80. The number of nitrogens with zero attached hydrogens (tertiary/aromatic N) is 1. The van der Waals surface area contributed by atoms with Crippen molar-refractivity contribution >= 4 is 16.0 Å². The Hall–Kier alpha value is -1.85. The Morgan fingerprint density at radius 2 is 2.00 bits per heavy atom. The van der Waals surface area contributed by atoms with Gasteiger partial charge in [-0.1, -0.05) is 0 Å². The van der Waals surface area contributed by atoms with Gasteiger partial charge in [0.15, 0.2) is 6.61 Å². The van der Waals surface area contributed by atoms with Crippen LogP contribution in [0.5, 0.6) is 5.75 Å². The third-order valence-corrected chi connectivity index (χ3v) is 5.24. The second-order valence-corrected chi connectivity index (χ2v) is 7.57. The Bertz CT molecular complexity index is 761. The van der Waals surface area contributed by atoms with Gasteiger partial charge in [0.2, 0.25) is 10.0 Å². The SMILES string of the molecule is CCOC(=O)COc1cc(C(F)(F)F)cc(S(=O)(=O)N(C)CC2CO2)c1. The van der Waals surface area contributed by atoms with Crippen molar-refractivity contribution in [1.82, 2.24) is 4.31 Å². The van der Waals surface area contributed by atoms with Crippen LogP contribution in [0.4, 0.5) is 13.2 Å². The van der Waals surface area contributed by atoms with Gasteiger partial charge in [0, 0.05) is 19.7 Å². The average molecular weight is 397 g/mol. The predicted octanol–water partition coefficient (Wildman–Crippen LogP) is 1.67. The van der Waals surface area contributed by atoms with Crippen LogP contribution in [0.3, 0.4) is 0 Å². The van der Waals surface area contributed by atoms with Gasteiger partial charge in [-0.05, 0) is 19.1 Å². The molecule has 7 nitrogen and oxygen atoms in total. The molecule has 0 bridgehead atoms. The van der Waals surface area contributed by atoms with Crippen LogP contribution in [-0.2, 0) is 30.5 Å². The molecule has 1 heterocycles. The summed E-state index contributed by atoms with van der Waals surface area (Å²) in [5.74, 6) is -1.18. The van der Waals surface area contributed by atoms with Crippen molar-refractivity contribution in [2.24, 2.45) is 0 Å². The zero-order valence-corrected chi connectivity index (χ0v) is 14.9. The van der Waals surface area contributed by atoms with Crippen LogP contribution in [0.15, 0.2) is 23.1 Å². The summed E-state index contributed by atoms with van der Waals surface area (Å²) in [5, 5.41) is 0. The maximum absolute atomic E-state index is 13.1. The minimum absolute atomic E-state index is 0.0254. The summed E-state index contributed by atoms with van der Waals surface area (Å²) in [7, 11) is -2.94. The Morgan fingerprint density at radius 3 is 2.54 bits per heavy atom. The summed E-state index contributed by atoms with van der Waals surface area (Å²) in [6, 6.07) is 2.09. The number of sulfonamides is 1. The molecule has 11 heteroatoms. The van der Waals surface area contributed by atoms with E-state index in [1.165, 1.54) is 7.05 Å². The molecule has 0 spiro atoms. The number of likely N-dealkylation sites (N-methyl/N-ethyl adjacent to an activating group) is 1. The smallest absolute Gasteiger partial charge is 0.416 e. The number of epoxide rings is 1. The van der Waals surface area contributed by atoms with Crippen molar-refractivity contribution in [1.29, 1.82) is 0 Å². The van der Waals surface area contributed by atoms with Gasteiger partial charge in [0.05, 0.1) is 29.8 Å². The van der Waals surface area contributed by atoms with E-state index in [0.29, 0.717) is 18.7 Å². The topological polar surface area (TPSA) is 85.4 Å². The van der Waals surface area contributed by atoms with Gasteiger partial charge < -0.3 is 14.2 Å². The van der Waals surface area contributed by atoms with Crippen LogP contribution in [0, 0.1) is 0 Å². The molecule has 1 fully saturated rings. The molecule has 146 valence electrons. The highest BCUT2D eigenvalue weighted by atomic mass is 32.2. The van der Waals surface area contributed by atoms with Gasteiger partial charge in [0.1, 0.15) is 5.75 Å². The zero-order valence-electron chi connectivity index (χ0n) is 14.1. The Morgan fingerprint density at radius 1 is 1.35 bits per heavy atom. The van der Waals surface area contributed by atoms with Crippen LogP contribution in [0.1, 0.15) is 12.5 Å². The number of hydrogen-bond acceptors (Lipinski definition) is 6. The fraction of sp³-hybridized carbons (Fsp3) is 0.533. The molecule has 1 aliphatic rings. The van der Waals surface area contributed by atoms with Gasteiger partial charge in [-0.3, -0.25) is 0 Å². The first-order chi connectivity index (χ1) is 12.0. The second-order valence-electron chi connectivity index (χ2n) is 5.53. The molecule has 1 saturated heterocycles. The van der Waals surface area contributed by atoms with Gasteiger partial charge in [-0.15, -0.1) is 0 Å². The van der Waals surface area contributed by atoms with Gasteiger partial charge >= 0.3 is 12.1 Å². The molecule has 0 aromatic heterocycles. The first-order valence-corrected chi connectivity index (χ1v) is 9.06. The molecule has 1 aromatic rings. The summed E-state index contributed by atoms with van der Waals surface area (Å²) in [6.07, 6.45) is -5.05. The van der Waals surface area contributed by atoms with Crippen LogP contribution >= 0.6 is 0 Å². The molecule has 0 aliphatic carbocycles. The molecular weight excluding hydrogens is 379 g/mol. The number of benzene rings is 1. The summed E-state index contributed by atoms with van der Waals surface area (Å²) in [6.45, 7) is 1.43. The van der Waals surface area contributed by atoms with E-state index in [1.807, 2.05) is 0 Å². The number of esters is 1. The molecule has 0 radical (unpaired) electrons. The molecule has 0 amide bonds. The molecule has 1 aliphatic heterocycles. The summed E-state index contributed by atoms with van der Waals surface area (Å²) in [5.41, 5.74) is -1.20. The molecule has 1 unspecified atom stereocenters. The molecular formula is C15H18F3NO6S. The largest absolute Gasteiger partial charge is 0.482 e. The van der Waals surface area contributed by atoms with E-state index in [2.05, 4.69) is 4.74 Å². The van der Waals surface area contributed by atoms with Gasteiger partial charge in [-0.2, -0.15) is 17.5 Å². The first kappa shape index (κ1) is 20.5. The van der Waals surface area contributed by atoms with E-state index in [-0.39, 0.29) is 19.3 Å². The standard InChI is InChI=1S/C15H18F3NO6S/c1-3-23-14(20)9-25-11-4-10(15(16,17)18)5-13(6-11)26(21,22)19(2)7-12-8-24-12/h4-6,12H,3,7-9H2,1-2H3. The van der Waals surface area contributed by atoms with E-state index >= 15 is 0 Å². The first-order valence-electron chi connectivity index (χ1n) is 7.62. The molecule has 26 heavy (non-hydrogen) atoms. The lowest BCUT2D eigenvalue weighted by molar-refractivity contribution is -0.145. The van der Waals surface area contributed by atoms with Crippen LogP contribution in [0.25, 0.3) is 0 Å².